The Kier molecular flexibility index (Phi) is 7.07. The van der Waals surface area contributed by atoms with Crippen LogP contribution in [0.1, 0.15) is 81.1 Å². The fourth-order valence-corrected chi connectivity index (χ4v) is 5.87. The van der Waals surface area contributed by atoms with Crippen LogP contribution in [0.25, 0.3) is 5.00 Å². The molecule has 0 aromatic carbocycles. The van der Waals surface area contributed by atoms with Crippen LogP contribution in [0.5, 0.6) is 0 Å². The summed E-state index contributed by atoms with van der Waals surface area (Å²) in [5.74, 6) is -1.23. The van der Waals surface area contributed by atoms with Crippen molar-refractivity contribution in [3.05, 3.63) is 22.3 Å². The summed E-state index contributed by atoms with van der Waals surface area (Å²) >= 11 is 1.58. The summed E-state index contributed by atoms with van der Waals surface area (Å²) in [4.78, 5) is 26.7. The maximum Gasteiger partial charge on any atom is 0.308 e. The first-order chi connectivity index (χ1) is 16.0. The Morgan fingerprint density at radius 3 is 2.74 bits per heavy atom. The third kappa shape index (κ3) is 6.00. The number of thiophene rings is 1. The predicted molar refractivity (Wildman–Crippen MR) is 125 cm³/mol. The van der Waals surface area contributed by atoms with E-state index in [1.165, 1.54) is 11.2 Å². The lowest BCUT2D eigenvalue weighted by Crippen LogP contribution is -2.46. The Hall–Kier alpha value is -2.37. The van der Waals surface area contributed by atoms with Crippen molar-refractivity contribution in [2.24, 2.45) is 0 Å². The molecule has 2 aromatic heterocycles. The average molecular weight is 492 g/mol. The molecule has 0 bridgehead atoms. The molecule has 3 heterocycles. The summed E-state index contributed by atoms with van der Waals surface area (Å²) in [6.07, 6.45) is 5.32. The number of aromatic nitrogens is 4. The van der Waals surface area contributed by atoms with Gasteiger partial charge in [0.2, 0.25) is 0 Å². The second-order valence-electron chi connectivity index (χ2n) is 10.2. The molecule has 0 saturated carbocycles. The summed E-state index contributed by atoms with van der Waals surface area (Å²) in [6, 6.07) is 0. The molecular weight excluding hydrogens is 458 g/mol. The molecule has 1 aliphatic carbocycles. The maximum absolute atomic E-state index is 13.2. The van der Waals surface area contributed by atoms with Gasteiger partial charge in [-0.2, -0.15) is 4.68 Å². The van der Waals surface area contributed by atoms with E-state index in [2.05, 4.69) is 20.8 Å². The van der Waals surface area contributed by atoms with Crippen molar-refractivity contribution in [3.8, 4) is 5.00 Å². The third-order valence-electron chi connectivity index (χ3n) is 5.68. The number of rotatable bonds is 7. The lowest BCUT2D eigenvalue weighted by atomic mass is 10.0. The molecular formula is C23H33N5O5S. The van der Waals surface area contributed by atoms with Crippen LogP contribution in [0.15, 0.2) is 6.33 Å². The molecule has 2 unspecified atom stereocenters. The van der Waals surface area contributed by atoms with E-state index in [0.29, 0.717) is 24.9 Å². The molecule has 11 heteroatoms. The van der Waals surface area contributed by atoms with Gasteiger partial charge in [0, 0.05) is 17.8 Å². The van der Waals surface area contributed by atoms with Gasteiger partial charge in [0.1, 0.15) is 16.9 Å². The molecule has 186 valence electrons. The Morgan fingerprint density at radius 1 is 1.26 bits per heavy atom. The number of hydrogen-bond donors (Lipinski definition) is 1. The number of carbonyl (C=O) groups excluding carboxylic acids is 2. The zero-order chi connectivity index (χ0) is 24.5. The lowest BCUT2D eigenvalue weighted by molar-refractivity contribution is -0.300. The first kappa shape index (κ1) is 24.7. The maximum atomic E-state index is 13.2. The van der Waals surface area contributed by atoms with Crippen LogP contribution in [0.2, 0.25) is 0 Å². The van der Waals surface area contributed by atoms with Crippen molar-refractivity contribution < 1.29 is 23.8 Å². The van der Waals surface area contributed by atoms with Gasteiger partial charge >= 0.3 is 5.97 Å². The molecule has 10 nitrogen and oxygen atoms in total. The van der Waals surface area contributed by atoms with Gasteiger partial charge in [-0.05, 0) is 76.3 Å². The number of fused-ring (bicyclic) bond motifs is 1. The van der Waals surface area contributed by atoms with Gasteiger partial charge < -0.3 is 19.5 Å². The molecule has 1 amide bonds. The Morgan fingerprint density at radius 2 is 2.03 bits per heavy atom. The molecule has 1 saturated heterocycles. The van der Waals surface area contributed by atoms with Crippen molar-refractivity contribution >= 4 is 23.2 Å². The third-order valence-corrected chi connectivity index (χ3v) is 6.96. The first-order valence-electron chi connectivity index (χ1n) is 11.7. The number of tetrazole rings is 1. The van der Waals surface area contributed by atoms with Crippen LogP contribution in [-0.4, -0.2) is 62.2 Å². The van der Waals surface area contributed by atoms with Crippen LogP contribution in [0.4, 0.5) is 0 Å². The molecule has 0 radical (unpaired) electrons. The first-order valence-corrected chi connectivity index (χ1v) is 12.6. The van der Waals surface area contributed by atoms with Gasteiger partial charge in [-0.1, -0.05) is 0 Å². The molecule has 2 aromatic rings. The van der Waals surface area contributed by atoms with Gasteiger partial charge in [-0.3, -0.25) is 9.59 Å². The summed E-state index contributed by atoms with van der Waals surface area (Å²) in [5.41, 5.74) is 1.24. The lowest BCUT2D eigenvalue weighted by Gasteiger charge is -2.40. The quantitative estimate of drug-likeness (QED) is 0.588. The SMILES string of the molecule is CC(C)(C)OC(=O)CC1CC(CCNC(=O)c2c(-n3cnnn3)sc3c2CCC3)OC(C)(C)O1. The molecule has 1 N–H and O–H groups in total. The van der Waals surface area contributed by atoms with E-state index < -0.39 is 11.4 Å². The number of carbonyl (C=O) groups is 2. The van der Waals surface area contributed by atoms with Gasteiger partial charge in [-0.15, -0.1) is 16.4 Å². The number of nitrogens with one attached hydrogen (secondary N) is 1. The van der Waals surface area contributed by atoms with Crippen LogP contribution < -0.4 is 5.32 Å². The van der Waals surface area contributed by atoms with Crippen LogP contribution in [0.3, 0.4) is 0 Å². The van der Waals surface area contributed by atoms with Crippen LogP contribution >= 0.6 is 11.3 Å². The van der Waals surface area contributed by atoms with E-state index in [-0.39, 0.29) is 30.5 Å². The minimum atomic E-state index is -0.818. The van der Waals surface area contributed by atoms with E-state index in [1.54, 1.807) is 16.0 Å². The summed E-state index contributed by atoms with van der Waals surface area (Å²) in [7, 11) is 0. The highest BCUT2D eigenvalue weighted by molar-refractivity contribution is 7.15. The monoisotopic (exact) mass is 491 g/mol. The van der Waals surface area contributed by atoms with E-state index >= 15 is 0 Å². The molecule has 0 spiro atoms. The van der Waals surface area contributed by atoms with Gasteiger partial charge in [0.25, 0.3) is 5.91 Å². The minimum absolute atomic E-state index is 0.124. The van der Waals surface area contributed by atoms with E-state index in [1.807, 2.05) is 34.6 Å². The molecule has 4 rings (SSSR count). The summed E-state index contributed by atoms with van der Waals surface area (Å²) in [6.45, 7) is 9.66. The largest absolute Gasteiger partial charge is 0.460 e. The molecule has 1 aliphatic heterocycles. The van der Waals surface area contributed by atoms with Crippen LogP contribution in [0, 0.1) is 0 Å². The van der Waals surface area contributed by atoms with Crippen molar-refractivity contribution in [2.75, 3.05) is 6.54 Å². The van der Waals surface area contributed by atoms with Gasteiger partial charge in [0.15, 0.2) is 5.79 Å². The topological polar surface area (TPSA) is 117 Å². The Balaban J connectivity index is 1.36. The number of esters is 1. The summed E-state index contributed by atoms with van der Waals surface area (Å²) in [5, 5.41) is 15.2. The van der Waals surface area contributed by atoms with Crippen molar-refractivity contribution in [1.82, 2.24) is 25.5 Å². The minimum Gasteiger partial charge on any atom is -0.460 e. The van der Waals surface area contributed by atoms with Gasteiger partial charge in [0.05, 0.1) is 24.2 Å². The molecule has 1 fully saturated rings. The van der Waals surface area contributed by atoms with E-state index in [4.69, 9.17) is 14.2 Å². The second kappa shape index (κ2) is 9.71. The van der Waals surface area contributed by atoms with Crippen molar-refractivity contribution in [1.29, 1.82) is 0 Å². The second-order valence-corrected chi connectivity index (χ2v) is 11.3. The highest BCUT2D eigenvalue weighted by Gasteiger charge is 2.37. The fourth-order valence-electron chi connectivity index (χ4n) is 4.57. The Bertz CT molecular complexity index is 1030. The standard InChI is InChI=1S/C23H33N5O5S/c1-22(2,3)33-18(29)12-15-11-14(31-23(4,5)32-15)9-10-24-20(30)19-16-7-6-8-17(16)34-21(19)28-13-25-26-27-28/h13-15H,6-12H2,1-5H3,(H,24,30). The normalized spacial score (nSPS) is 21.8. The fraction of sp³-hybridized carbons (Fsp3) is 0.696. The zero-order valence-electron chi connectivity index (χ0n) is 20.4. The number of amides is 1. The van der Waals surface area contributed by atoms with E-state index in [9.17, 15) is 9.59 Å². The number of ether oxygens (including phenoxy) is 3. The molecule has 34 heavy (non-hydrogen) atoms. The highest BCUT2D eigenvalue weighted by atomic mass is 32.1. The summed E-state index contributed by atoms with van der Waals surface area (Å²) < 4.78 is 19.0. The number of hydrogen-bond acceptors (Lipinski definition) is 9. The zero-order valence-corrected chi connectivity index (χ0v) is 21.2. The van der Waals surface area contributed by atoms with Crippen molar-refractivity contribution in [3.63, 3.8) is 0 Å². The smallest absolute Gasteiger partial charge is 0.308 e. The van der Waals surface area contributed by atoms with E-state index in [0.717, 1.165) is 29.8 Å². The van der Waals surface area contributed by atoms with Crippen molar-refractivity contribution in [2.45, 2.75) is 96.7 Å². The molecule has 2 aliphatic rings. The van der Waals surface area contributed by atoms with Gasteiger partial charge in [-0.25, -0.2) is 0 Å². The number of nitrogens with zero attached hydrogens (tertiary/aromatic N) is 4. The molecule has 2 atom stereocenters. The highest BCUT2D eigenvalue weighted by Crippen LogP contribution is 2.37. The average Bonchev–Trinajstić information content (AvgIpc) is 3.41. The Labute approximate surface area is 203 Å². The predicted octanol–water partition coefficient (Wildman–Crippen LogP) is 2.97. The number of aryl methyl sites for hydroxylation is 1. The van der Waals surface area contributed by atoms with Crippen LogP contribution in [-0.2, 0) is 31.8 Å².